The maximum Gasteiger partial charge on any atom is -0.000462 e. The second kappa shape index (κ2) is 12.2. The molecular weight excluding hydrogens is 271 g/mol. The van der Waals surface area contributed by atoms with Crippen LogP contribution < -0.4 is 0 Å². The SMILES string of the molecule is CCCC/C=C\C=C\CCCCI. The molecular formula is C12H21I. The van der Waals surface area contributed by atoms with Crippen LogP contribution >= 0.6 is 22.6 Å². The van der Waals surface area contributed by atoms with Crippen LogP contribution in [0.5, 0.6) is 0 Å². The van der Waals surface area contributed by atoms with Gasteiger partial charge in [0.2, 0.25) is 0 Å². The Kier molecular flexibility index (Phi) is 12.4. The lowest BCUT2D eigenvalue weighted by molar-refractivity contribution is 0.814. The average molecular weight is 292 g/mol. The van der Waals surface area contributed by atoms with Crippen molar-refractivity contribution >= 4 is 22.6 Å². The van der Waals surface area contributed by atoms with Gasteiger partial charge in [-0.25, -0.2) is 0 Å². The Labute approximate surface area is 96.6 Å². The summed E-state index contributed by atoms with van der Waals surface area (Å²) in [6, 6.07) is 0. The highest BCUT2D eigenvalue weighted by molar-refractivity contribution is 14.1. The first-order valence-corrected chi connectivity index (χ1v) is 6.82. The monoisotopic (exact) mass is 292 g/mol. The van der Waals surface area contributed by atoms with Crippen LogP contribution in [0.15, 0.2) is 24.3 Å². The number of hydrogen-bond acceptors (Lipinski definition) is 0. The Bertz CT molecular complexity index is 136. The van der Waals surface area contributed by atoms with E-state index < -0.39 is 0 Å². The summed E-state index contributed by atoms with van der Waals surface area (Å²) < 4.78 is 1.29. The molecule has 0 aliphatic rings. The number of unbranched alkanes of at least 4 members (excludes halogenated alkanes) is 4. The molecule has 0 radical (unpaired) electrons. The third-order valence-corrected chi connectivity index (χ3v) is 2.62. The second-order valence-corrected chi connectivity index (χ2v) is 4.26. The Morgan fingerprint density at radius 1 is 0.923 bits per heavy atom. The molecule has 0 spiro atoms. The van der Waals surface area contributed by atoms with E-state index in [9.17, 15) is 0 Å². The van der Waals surface area contributed by atoms with Crippen LogP contribution in [0.2, 0.25) is 0 Å². The largest absolute Gasteiger partial charge is 0.0864 e. The van der Waals surface area contributed by atoms with Crippen LogP contribution in [0.3, 0.4) is 0 Å². The normalized spacial score (nSPS) is 11.8. The van der Waals surface area contributed by atoms with Crippen LogP contribution in [0.4, 0.5) is 0 Å². The van der Waals surface area contributed by atoms with Crippen molar-refractivity contribution in [3.63, 3.8) is 0 Å². The lowest BCUT2D eigenvalue weighted by Gasteiger charge is -1.89. The summed E-state index contributed by atoms with van der Waals surface area (Å²) in [6.45, 7) is 2.23. The van der Waals surface area contributed by atoms with Gasteiger partial charge in [0.25, 0.3) is 0 Å². The van der Waals surface area contributed by atoms with Crippen molar-refractivity contribution in [3.8, 4) is 0 Å². The van der Waals surface area contributed by atoms with E-state index in [1.807, 2.05) is 0 Å². The molecule has 0 fully saturated rings. The molecule has 0 heterocycles. The lowest BCUT2D eigenvalue weighted by Crippen LogP contribution is -1.72. The zero-order chi connectivity index (χ0) is 9.78. The van der Waals surface area contributed by atoms with E-state index in [1.165, 1.54) is 43.0 Å². The molecule has 0 bridgehead atoms. The van der Waals surface area contributed by atoms with E-state index in [0.29, 0.717) is 0 Å². The zero-order valence-electron chi connectivity index (χ0n) is 8.64. The van der Waals surface area contributed by atoms with Crippen molar-refractivity contribution in [3.05, 3.63) is 24.3 Å². The number of alkyl halides is 1. The minimum Gasteiger partial charge on any atom is -0.0864 e. The molecule has 0 aromatic rings. The summed E-state index contributed by atoms with van der Waals surface area (Å²) in [6.07, 6.45) is 16.7. The Balaban J connectivity index is 3.15. The van der Waals surface area contributed by atoms with E-state index in [-0.39, 0.29) is 0 Å². The Hall–Kier alpha value is 0.210. The summed E-state index contributed by atoms with van der Waals surface area (Å²) in [7, 11) is 0. The van der Waals surface area contributed by atoms with Crippen LogP contribution in [0, 0.1) is 0 Å². The Morgan fingerprint density at radius 2 is 1.54 bits per heavy atom. The summed E-state index contributed by atoms with van der Waals surface area (Å²) in [5.41, 5.74) is 0. The highest BCUT2D eigenvalue weighted by Crippen LogP contribution is 2.00. The molecule has 0 aliphatic heterocycles. The first-order chi connectivity index (χ1) is 6.41. The Morgan fingerprint density at radius 3 is 2.08 bits per heavy atom. The molecule has 0 aromatic heterocycles. The van der Waals surface area contributed by atoms with E-state index in [0.717, 1.165) is 0 Å². The zero-order valence-corrected chi connectivity index (χ0v) is 10.8. The number of hydrogen-bond donors (Lipinski definition) is 0. The molecule has 0 N–H and O–H groups in total. The van der Waals surface area contributed by atoms with Gasteiger partial charge in [0.1, 0.15) is 0 Å². The van der Waals surface area contributed by atoms with E-state index in [2.05, 4.69) is 53.8 Å². The van der Waals surface area contributed by atoms with E-state index in [4.69, 9.17) is 0 Å². The van der Waals surface area contributed by atoms with Gasteiger partial charge in [-0.05, 0) is 30.1 Å². The van der Waals surface area contributed by atoms with Crippen LogP contribution in [0.25, 0.3) is 0 Å². The summed E-state index contributed by atoms with van der Waals surface area (Å²) in [4.78, 5) is 0. The second-order valence-electron chi connectivity index (χ2n) is 3.18. The molecule has 76 valence electrons. The average Bonchev–Trinajstić information content (AvgIpc) is 2.16. The molecule has 0 unspecified atom stereocenters. The third kappa shape index (κ3) is 12.2. The maximum absolute atomic E-state index is 2.43. The minimum atomic E-state index is 1.23. The van der Waals surface area contributed by atoms with Gasteiger partial charge in [-0.15, -0.1) is 0 Å². The predicted molar refractivity (Wildman–Crippen MR) is 70.5 cm³/mol. The van der Waals surface area contributed by atoms with Gasteiger partial charge in [-0.2, -0.15) is 0 Å². The molecule has 1 heteroatoms. The molecule has 0 saturated heterocycles. The van der Waals surface area contributed by atoms with Gasteiger partial charge in [-0.3, -0.25) is 0 Å². The first kappa shape index (κ1) is 13.2. The molecule has 13 heavy (non-hydrogen) atoms. The fourth-order valence-corrected chi connectivity index (χ4v) is 1.57. The van der Waals surface area contributed by atoms with Crippen molar-refractivity contribution in [1.82, 2.24) is 0 Å². The van der Waals surface area contributed by atoms with Gasteiger partial charge in [0.05, 0.1) is 0 Å². The van der Waals surface area contributed by atoms with Crippen molar-refractivity contribution in [1.29, 1.82) is 0 Å². The quantitative estimate of drug-likeness (QED) is 0.258. The van der Waals surface area contributed by atoms with Crippen LogP contribution in [0.1, 0.15) is 45.4 Å². The highest BCUT2D eigenvalue weighted by atomic mass is 127. The molecule has 0 saturated carbocycles. The lowest BCUT2D eigenvalue weighted by atomic mass is 10.2. The molecule has 0 rings (SSSR count). The van der Waals surface area contributed by atoms with E-state index >= 15 is 0 Å². The number of rotatable bonds is 8. The molecule has 0 nitrogen and oxygen atoms in total. The summed E-state index contributed by atoms with van der Waals surface area (Å²) in [5, 5.41) is 0. The third-order valence-electron chi connectivity index (χ3n) is 1.86. The predicted octanol–water partition coefficient (Wildman–Crippen LogP) is 4.89. The fraction of sp³-hybridized carbons (Fsp3) is 0.667. The number of allylic oxidation sites excluding steroid dienone is 4. The summed E-state index contributed by atoms with van der Waals surface area (Å²) in [5.74, 6) is 0. The molecule has 0 aromatic carbocycles. The number of halogens is 1. The maximum atomic E-state index is 2.43. The van der Waals surface area contributed by atoms with Crippen LogP contribution in [-0.2, 0) is 0 Å². The highest BCUT2D eigenvalue weighted by Gasteiger charge is 1.80. The van der Waals surface area contributed by atoms with Gasteiger partial charge in [-0.1, -0.05) is 66.7 Å². The van der Waals surface area contributed by atoms with Gasteiger partial charge in [0, 0.05) is 0 Å². The van der Waals surface area contributed by atoms with E-state index in [1.54, 1.807) is 0 Å². The standard InChI is InChI=1S/C12H21I/c1-2-3-4-5-6-7-8-9-10-11-12-13/h5-8H,2-4,9-12H2,1H3/b6-5-,8-7+. The van der Waals surface area contributed by atoms with Crippen molar-refractivity contribution in [2.75, 3.05) is 4.43 Å². The first-order valence-electron chi connectivity index (χ1n) is 5.29. The van der Waals surface area contributed by atoms with Gasteiger partial charge in [0.15, 0.2) is 0 Å². The fourth-order valence-electron chi connectivity index (χ4n) is 1.03. The molecule has 0 atom stereocenters. The van der Waals surface area contributed by atoms with Gasteiger partial charge < -0.3 is 0 Å². The molecule has 0 amide bonds. The van der Waals surface area contributed by atoms with Crippen molar-refractivity contribution < 1.29 is 0 Å². The van der Waals surface area contributed by atoms with Gasteiger partial charge >= 0.3 is 0 Å². The van der Waals surface area contributed by atoms with Crippen LogP contribution in [-0.4, -0.2) is 4.43 Å². The summed E-state index contributed by atoms with van der Waals surface area (Å²) >= 11 is 2.43. The molecule has 0 aliphatic carbocycles. The van der Waals surface area contributed by atoms with Crippen molar-refractivity contribution in [2.45, 2.75) is 45.4 Å². The van der Waals surface area contributed by atoms with Crippen molar-refractivity contribution in [2.24, 2.45) is 0 Å². The minimum absolute atomic E-state index is 1.23. The smallest absolute Gasteiger partial charge is 0.000462 e. The topological polar surface area (TPSA) is 0 Å².